The molecule has 1 aromatic carbocycles. The van der Waals surface area contributed by atoms with Crippen LogP contribution in [0.25, 0.3) is 0 Å². The molecule has 0 aliphatic heterocycles. The van der Waals surface area contributed by atoms with Crippen LogP contribution in [0.5, 0.6) is 0 Å². The van der Waals surface area contributed by atoms with E-state index < -0.39 is 0 Å². The van der Waals surface area contributed by atoms with Gasteiger partial charge in [0, 0.05) is 42.7 Å². The molecular weight excluding hydrogens is 316 g/mol. The summed E-state index contributed by atoms with van der Waals surface area (Å²) in [6.07, 6.45) is 3.93. The summed E-state index contributed by atoms with van der Waals surface area (Å²) in [4.78, 5) is 9.98. The molecule has 0 unspecified atom stereocenters. The lowest BCUT2D eigenvalue weighted by Gasteiger charge is -2.11. The highest BCUT2D eigenvalue weighted by Gasteiger charge is 2.02. The molecule has 4 nitrogen and oxygen atoms in total. The zero-order chi connectivity index (χ0) is 15.8. The predicted octanol–water partition coefficient (Wildman–Crippen LogP) is 3.27. The number of hydrogen-bond donors (Lipinski definition) is 2. The molecule has 0 atom stereocenters. The summed E-state index contributed by atoms with van der Waals surface area (Å²) in [5.74, 6) is 0.794. The molecule has 22 heavy (non-hydrogen) atoms. The fourth-order valence-electron chi connectivity index (χ4n) is 1.92. The molecule has 0 fully saturated rings. The molecule has 0 radical (unpaired) electrons. The van der Waals surface area contributed by atoms with Crippen molar-refractivity contribution in [2.24, 2.45) is 4.99 Å². The second-order valence-electron chi connectivity index (χ2n) is 4.80. The minimum Gasteiger partial charge on any atom is -0.356 e. The van der Waals surface area contributed by atoms with Crippen molar-refractivity contribution in [1.29, 1.82) is 0 Å². The minimum absolute atomic E-state index is 0.716. The number of benzene rings is 1. The third kappa shape index (κ3) is 5.31. The number of guanidine groups is 1. The van der Waals surface area contributed by atoms with E-state index in [4.69, 9.17) is 11.6 Å². The second-order valence-corrected chi connectivity index (χ2v) is 6.44. The Kier molecular flexibility index (Phi) is 6.68. The summed E-state index contributed by atoms with van der Waals surface area (Å²) in [5, 5.41) is 8.51. The van der Waals surface area contributed by atoms with Crippen LogP contribution >= 0.6 is 22.9 Å². The Labute approximate surface area is 140 Å². The van der Waals surface area contributed by atoms with E-state index in [0.717, 1.165) is 35.4 Å². The summed E-state index contributed by atoms with van der Waals surface area (Å²) in [7, 11) is 1.77. The lowest BCUT2D eigenvalue weighted by atomic mass is 10.2. The highest BCUT2D eigenvalue weighted by atomic mass is 35.5. The standard InChI is InChI=1S/C16H21ClN4S/c1-3-14-11-20-15(22-14)8-9-19-16(18-2)21-10-12-4-6-13(17)7-5-12/h4-7,11H,3,8-10H2,1-2H3,(H2,18,19,21). The van der Waals surface area contributed by atoms with Gasteiger partial charge in [-0.05, 0) is 24.1 Å². The molecule has 2 N–H and O–H groups in total. The molecule has 0 spiro atoms. The van der Waals surface area contributed by atoms with E-state index in [1.807, 2.05) is 30.5 Å². The van der Waals surface area contributed by atoms with Crippen molar-refractivity contribution in [2.45, 2.75) is 26.3 Å². The van der Waals surface area contributed by atoms with Gasteiger partial charge >= 0.3 is 0 Å². The fourth-order valence-corrected chi connectivity index (χ4v) is 2.91. The Bertz CT molecular complexity index is 607. The SMILES string of the molecule is CCc1cnc(CCNC(=NC)NCc2ccc(Cl)cc2)s1. The zero-order valence-electron chi connectivity index (χ0n) is 12.9. The molecule has 118 valence electrons. The van der Waals surface area contributed by atoms with Gasteiger partial charge in [0.15, 0.2) is 5.96 Å². The third-order valence-corrected chi connectivity index (χ3v) is 4.63. The maximum absolute atomic E-state index is 5.88. The maximum Gasteiger partial charge on any atom is 0.191 e. The Balaban J connectivity index is 1.74. The van der Waals surface area contributed by atoms with Crippen molar-refractivity contribution in [2.75, 3.05) is 13.6 Å². The molecule has 1 heterocycles. The molecule has 6 heteroatoms. The van der Waals surface area contributed by atoms with Crippen LogP contribution < -0.4 is 10.6 Å². The van der Waals surface area contributed by atoms with Crippen molar-refractivity contribution in [3.63, 3.8) is 0 Å². The van der Waals surface area contributed by atoms with E-state index in [9.17, 15) is 0 Å². The fraction of sp³-hybridized carbons (Fsp3) is 0.375. The Morgan fingerprint density at radius 1 is 1.27 bits per heavy atom. The number of aryl methyl sites for hydroxylation is 1. The van der Waals surface area contributed by atoms with Gasteiger partial charge in [0.25, 0.3) is 0 Å². The molecule has 0 saturated carbocycles. The first-order valence-electron chi connectivity index (χ1n) is 7.33. The topological polar surface area (TPSA) is 49.3 Å². The molecule has 2 rings (SSSR count). The van der Waals surface area contributed by atoms with Gasteiger partial charge in [-0.2, -0.15) is 0 Å². The van der Waals surface area contributed by atoms with Crippen LogP contribution in [0.2, 0.25) is 5.02 Å². The minimum atomic E-state index is 0.716. The highest BCUT2D eigenvalue weighted by Crippen LogP contribution is 2.13. The normalized spacial score (nSPS) is 11.5. The van der Waals surface area contributed by atoms with E-state index in [0.29, 0.717) is 6.54 Å². The molecular formula is C16H21ClN4S. The largest absolute Gasteiger partial charge is 0.356 e. The van der Waals surface area contributed by atoms with E-state index in [1.54, 1.807) is 18.4 Å². The van der Waals surface area contributed by atoms with Crippen molar-refractivity contribution in [1.82, 2.24) is 15.6 Å². The van der Waals surface area contributed by atoms with Crippen LogP contribution in [0.15, 0.2) is 35.5 Å². The Hall–Kier alpha value is -1.59. The molecule has 0 aliphatic rings. The second kappa shape index (κ2) is 8.76. The first-order chi connectivity index (χ1) is 10.7. The lowest BCUT2D eigenvalue weighted by Crippen LogP contribution is -2.37. The van der Waals surface area contributed by atoms with E-state index in [1.165, 1.54) is 10.4 Å². The van der Waals surface area contributed by atoms with Crippen LogP contribution in [-0.2, 0) is 19.4 Å². The van der Waals surface area contributed by atoms with Gasteiger partial charge in [0.1, 0.15) is 0 Å². The summed E-state index contributed by atoms with van der Waals surface area (Å²) in [6, 6.07) is 7.79. The molecule has 2 aromatic rings. The summed E-state index contributed by atoms with van der Waals surface area (Å²) in [6.45, 7) is 3.68. The van der Waals surface area contributed by atoms with Crippen LogP contribution in [0.1, 0.15) is 22.4 Å². The first-order valence-corrected chi connectivity index (χ1v) is 8.53. The molecule has 0 saturated heterocycles. The average molecular weight is 337 g/mol. The van der Waals surface area contributed by atoms with Crippen LogP contribution in [0.3, 0.4) is 0 Å². The molecule has 0 bridgehead atoms. The Morgan fingerprint density at radius 3 is 2.68 bits per heavy atom. The van der Waals surface area contributed by atoms with Crippen LogP contribution in [0.4, 0.5) is 0 Å². The number of aromatic nitrogens is 1. The number of hydrogen-bond acceptors (Lipinski definition) is 3. The van der Waals surface area contributed by atoms with Gasteiger partial charge in [-0.3, -0.25) is 4.99 Å². The molecule has 0 amide bonds. The van der Waals surface area contributed by atoms with Crippen molar-refractivity contribution in [3.05, 3.63) is 50.9 Å². The highest BCUT2D eigenvalue weighted by molar-refractivity contribution is 7.11. The van der Waals surface area contributed by atoms with Crippen LogP contribution in [-0.4, -0.2) is 24.5 Å². The van der Waals surface area contributed by atoms with Gasteiger partial charge < -0.3 is 10.6 Å². The Morgan fingerprint density at radius 2 is 2.05 bits per heavy atom. The van der Waals surface area contributed by atoms with Crippen molar-refractivity contribution < 1.29 is 0 Å². The molecule has 1 aromatic heterocycles. The predicted molar refractivity (Wildman–Crippen MR) is 94.8 cm³/mol. The van der Waals surface area contributed by atoms with Gasteiger partial charge in [-0.15, -0.1) is 11.3 Å². The smallest absolute Gasteiger partial charge is 0.191 e. The number of nitrogens with zero attached hydrogens (tertiary/aromatic N) is 2. The lowest BCUT2D eigenvalue weighted by molar-refractivity contribution is 0.792. The van der Waals surface area contributed by atoms with E-state index in [-0.39, 0.29) is 0 Å². The first kappa shape index (κ1) is 16.8. The number of aliphatic imine (C=N–C) groups is 1. The van der Waals surface area contributed by atoms with E-state index >= 15 is 0 Å². The van der Waals surface area contributed by atoms with E-state index in [2.05, 4.69) is 27.5 Å². The number of thiazole rings is 1. The number of nitrogens with one attached hydrogen (secondary N) is 2. The maximum atomic E-state index is 5.88. The quantitative estimate of drug-likeness (QED) is 0.628. The zero-order valence-corrected chi connectivity index (χ0v) is 14.5. The van der Waals surface area contributed by atoms with Gasteiger partial charge in [0.05, 0.1) is 5.01 Å². The van der Waals surface area contributed by atoms with Crippen LogP contribution in [0, 0.1) is 0 Å². The van der Waals surface area contributed by atoms with Gasteiger partial charge in [0.2, 0.25) is 0 Å². The van der Waals surface area contributed by atoms with Crippen molar-refractivity contribution in [3.8, 4) is 0 Å². The van der Waals surface area contributed by atoms with Gasteiger partial charge in [-0.25, -0.2) is 4.98 Å². The number of halogens is 1. The molecule has 0 aliphatic carbocycles. The monoisotopic (exact) mass is 336 g/mol. The van der Waals surface area contributed by atoms with Crippen molar-refractivity contribution >= 4 is 28.9 Å². The summed E-state index contributed by atoms with van der Waals surface area (Å²) >= 11 is 7.66. The third-order valence-electron chi connectivity index (χ3n) is 3.18. The average Bonchev–Trinajstić information content (AvgIpc) is 3.00. The van der Waals surface area contributed by atoms with Gasteiger partial charge in [-0.1, -0.05) is 30.7 Å². The summed E-state index contributed by atoms with van der Waals surface area (Å²) in [5.41, 5.74) is 1.17. The number of rotatable bonds is 6. The summed E-state index contributed by atoms with van der Waals surface area (Å²) < 4.78 is 0.